The Morgan fingerprint density at radius 1 is 1.55 bits per heavy atom. The molecule has 2 aromatic heterocycles. The number of hydrogen-bond donors (Lipinski definition) is 1. The summed E-state index contributed by atoms with van der Waals surface area (Å²) in [5.74, 6) is 0.781. The molecule has 2 heterocycles. The number of carbonyl (C=O) groups excluding carboxylic acids is 1. The molecule has 1 N–H and O–H groups in total. The first-order chi connectivity index (χ1) is 9.60. The summed E-state index contributed by atoms with van der Waals surface area (Å²) in [6.07, 6.45) is 2.35. The van der Waals surface area contributed by atoms with E-state index in [0.29, 0.717) is 31.2 Å². The molecular weight excluding hydrogens is 258 g/mol. The highest BCUT2D eigenvalue weighted by atomic mass is 16.4. The summed E-state index contributed by atoms with van der Waals surface area (Å²) in [4.78, 5) is 11.4. The van der Waals surface area contributed by atoms with E-state index in [9.17, 15) is 4.79 Å². The number of aromatic nitrogens is 4. The third-order valence-electron chi connectivity index (χ3n) is 2.70. The SMILES string of the molecule is C=CCNC(=O)CCc1nnc(-c2cc(C)nn2C)o1. The predicted molar refractivity (Wildman–Crippen MR) is 72.8 cm³/mol. The summed E-state index contributed by atoms with van der Waals surface area (Å²) in [6.45, 7) is 5.89. The van der Waals surface area contributed by atoms with Crippen LogP contribution in [0.1, 0.15) is 18.0 Å². The molecule has 0 aliphatic carbocycles. The molecule has 20 heavy (non-hydrogen) atoms. The van der Waals surface area contributed by atoms with Gasteiger partial charge >= 0.3 is 0 Å². The van der Waals surface area contributed by atoms with Crippen molar-refractivity contribution in [2.24, 2.45) is 7.05 Å². The van der Waals surface area contributed by atoms with Gasteiger partial charge in [-0.3, -0.25) is 9.48 Å². The van der Waals surface area contributed by atoms with Crippen LogP contribution in [0, 0.1) is 6.92 Å². The van der Waals surface area contributed by atoms with Gasteiger partial charge in [-0.15, -0.1) is 16.8 Å². The molecule has 0 aliphatic heterocycles. The Morgan fingerprint density at radius 3 is 3.00 bits per heavy atom. The number of nitrogens with zero attached hydrogens (tertiary/aromatic N) is 4. The molecule has 0 fully saturated rings. The Balaban J connectivity index is 1.97. The molecule has 1 amide bonds. The van der Waals surface area contributed by atoms with Gasteiger partial charge in [0.05, 0.1) is 5.69 Å². The first-order valence-corrected chi connectivity index (χ1v) is 6.31. The van der Waals surface area contributed by atoms with E-state index in [1.165, 1.54) is 0 Å². The lowest BCUT2D eigenvalue weighted by Crippen LogP contribution is -2.23. The molecule has 0 spiro atoms. The molecule has 7 heteroatoms. The highest BCUT2D eigenvalue weighted by Gasteiger charge is 2.13. The van der Waals surface area contributed by atoms with E-state index in [-0.39, 0.29) is 5.91 Å². The van der Waals surface area contributed by atoms with E-state index in [1.807, 2.05) is 20.0 Å². The van der Waals surface area contributed by atoms with Crippen LogP contribution in [-0.4, -0.2) is 32.4 Å². The maximum atomic E-state index is 11.4. The zero-order valence-corrected chi connectivity index (χ0v) is 11.6. The molecule has 0 unspecified atom stereocenters. The van der Waals surface area contributed by atoms with Crippen molar-refractivity contribution >= 4 is 5.91 Å². The van der Waals surface area contributed by atoms with Crippen LogP contribution in [0.2, 0.25) is 0 Å². The second kappa shape index (κ2) is 6.14. The van der Waals surface area contributed by atoms with Gasteiger partial charge in [-0.25, -0.2) is 0 Å². The fraction of sp³-hybridized carbons (Fsp3) is 0.385. The van der Waals surface area contributed by atoms with Crippen LogP contribution in [0.3, 0.4) is 0 Å². The highest BCUT2D eigenvalue weighted by Crippen LogP contribution is 2.18. The van der Waals surface area contributed by atoms with Crippen molar-refractivity contribution in [2.75, 3.05) is 6.54 Å². The molecule has 106 valence electrons. The number of nitrogens with one attached hydrogen (secondary N) is 1. The van der Waals surface area contributed by atoms with E-state index in [4.69, 9.17) is 4.42 Å². The summed E-state index contributed by atoms with van der Waals surface area (Å²) in [5.41, 5.74) is 1.64. The van der Waals surface area contributed by atoms with Gasteiger partial charge in [-0.05, 0) is 13.0 Å². The van der Waals surface area contributed by atoms with Gasteiger partial charge in [0.25, 0.3) is 5.89 Å². The van der Waals surface area contributed by atoms with E-state index < -0.39 is 0 Å². The molecule has 7 nitrogen and oxygen atoms in total. The third kappa shape index (κ3) is 3.31. The van der Waals surface area contributed by atoms with Crippen LogP contribution < -0.4 is 5.32 Å². The maximum Gasteiger partial charge on any atom is 0.265 e. The largest absolute Gasteiger partial charge is 0.419 e. The standard InChI is InChI=1S/C13H17N5O2/c1-4-7-14-11(19)5-6-12-15-16-13(20-12)10-8-9(2)17-18(10)3/h4,8H,1,5-7H2,2-3H3,(H,14,19). The van der Waals surface area contributed by atoms with Gasteiger partial charge in [-0.1, -0.05) is 6.08 Å². The molecule has 0 bridgehead atoms. The van der Waals surface area contributed by atoms with Crippen molar-refractivity contribution in [3.05, 3.63) is 30.3 Å². The maximum absolute atomic E-state index is 11.4. The number of amides is 1. The topological polar surface area (TPSA) is 85.8 Å². The van der Waals surface area contributed by atoms with E-state index >= 15 is 0 Å². The minimum Gasteiger partial charge on any atom is -0.419 e. The lowest BCUT2D eigenvalue weighted by Gasteiger charge is -1.99. The number of aryl methyl sites for hydroxylation is 3. The van der Waals surface area contributed by atoms with Crippen molar-refractivity contribution in [2.45, 2.75) is 19.8 Å². The van der Waals surface area contributed by atoms with Gasteiger partial charge in [0.2, 0.25) is 11.8 Å². The highest BCUT2D eigenvalue weighted by molar-refractivity contribution is 5.76. The van der Waals surface area contributed by atoms with Crippen molar-refractivity contribution in [3.63, 3.8) is 0 Å². The van der Waals surface area contributed by atoms with E-state index in [2.05, 4.69) is 27.2 Å². The van der Waals surface area contributed by atoms with Crippen molar-refractivity contribution in [1.82, 2.24) is 25.3 Å². The van der Waals surface area contributed by atoms with Crippen LogP contribution in [0.25, 0.3) is 11.6 Å². The average molecular weight is 275 g/mol. The first kappa shape index (κ1) is 14.0. The lowest BCUT2D eigenvalue weighted by atomic mass is 10.3. The van der Waals surface area contributed by atoms with Crippen molar-refractivity contribution < 1.29 is 9.21 Å². The van der Waals surface area contributed by atoms with Crippen LogP contribution in [-0.2, 0) is 18.3 Å². The number of carbonyl (C=O) groups is 1. The lowest BCUT2D eigenvalue weighted by molar-refractivity contribution is -0.120. The molecule has 2 rings (SSSR count). The molecule has 0 aromatic carbocycles. The number of rotatable bonds is 6. The second-order valence-corrected chi connectivity index (χ2v) is 4.39. The van der Waals surface area contributed by atoms with Gasteiger partial charge in [0, 0.05) is 26.4 Å². The molecule has 2 aromatic rings. The predicted octanol–water partition coefficient (Wildman–Crippen LogP) is 1.01. The summed E-state index contributed by atoms with van der Waals surface area (Å²) >= 11 is 0. The summed E-state index contributed by atoms with van der Waals surface area (Å²) < 4.78 is 7.22. The Kier molecular flexibility index (Phi) is 4.29. The minimum atomic E-state index is -0.0685. The van der Waals surface area contributed by atoms with Gasteiger partial charge in [0.1, 0.15) is 5.69 Å². The van der Waals surface area contributed by atoms with Crippen LogP contribution >= 0.6 is 0 Å². The monoisotopic (exact) mass is 275 g/mol. The van der Waals surface area contributed by atoms with Crippen LogP contribution in [0.15, 0.2) is 23.1 Å². The Morgan fingerprint density at radius 2 is 2.35 bits per heavy atom. The Hall–Kier alpha value is -2.44. The minimum absolute atomic E-state index is 0.0685. The first-order valence-electron chi connectivity index (χ1n) is 6.31. The summed E-state index contributed by atoms with van der Waals surface area (Å²) in [6, 6.07) is 1.87. The van der Waals surface area contributed by atoms with Gasteiger partial charge < -0.3 is 9.73 Å². The van der Waals surface area contributed by atoms with E-state index in [0.717, 1.165) is 11.4 Å². The molecular formula is C13H17N5O2. The second-order valence-electron chi connectivity index (χ2n) is 4.39. The quantitative estimate of drug-likeness (QED) is 0.795. The molecule has 0 saturated carbocycles. The normalized spacial score (nSPS) is 10.5. The zero-order chi connectivity index (χ0) is 14.5. The van der Waals surface area contributed by atoms with Gasteiger partial charge in [0.15, 0.2) is 0 Å². The van der Waals surface area contributed by atoms with Gasteiger partial charge in [-0.2, -0.15) is 5.10 Å². The molecule has 0 aliphatic rings. The smallest absolute Gasteiger partial charge is 0.265 e. The fourth-order valence-electron chi connectivity index (χ4n) is 1.76. The van der Waals surface area contributed by atoms with Crippen LogP contribution in [0.4, 0.5) is 0 Å². The third-order valence-corrected chi connectivity index (χ3v) is 2.70. The molecule has 0 radical (unpaired) electrons. The summed E-state index contributed by atoms with van der Waals surface area (Å²) in [7, 11) is 1.81. The molecule has 0 atom stereocenters. The Bertz CT molecular complexity index is 614. The van der Waals surface area contributed by atoms with Crippen molar-refractivity contribution in [3.8, 4) is 11.6 Å². The van der Waals surface area contributed by atoms with E-state index in [1.54, 1.807) is 10.8 Å². The summed E-state index contributed by atoms with van der Waals surface area (Å²) in [5, 5.41) is 14.8. The molecule has 0 saturated heterocycles. The zero-order valence-electron chi connectivity index (χ0n) is 11.6. The average Bonchev–Trinajstić information content (AvgIpc) is 3.00. The van der Waals surface area contributed by atoms with Crippen molar-refractivity contribution in [1.29, 1.82) is 0 Å². The number of hydrogen-bond acceptors (Lipinski definition) is 5. The van der Waals surface area contributed by atoms with Crippen LogP contribution in [0.5, 0.6) is 0 Å². The fourth-order valence-corrected chi connectivity index (χ4v) is 1.76. The Labute approximate surface area is 116 Å².